The van der Waals surface area contributed by atoms with Crippen LogP contribution >= 0.6 is 0 Å². The van der Waals surface area contributed by atoms with Crippen molar-refractivity contribution in [3.05, 3.63) is 212 Å². The van der Waals surface area contributed by atoms with Crippen molar-refractivity contribution in [2.24, 2.45) is 0 Å². The van der Waals surface area contributed by atoms with E-state index in [4.69, 9.17) is 4.42 Å². The molecule has 0 atom stereocenters. The normalized spacial score (nSPS) is 12.4. The second-order valence-corrected chi connectivity index (χ2v) is 13.4. The number of anilines is 3. The van der Waals surface area contributed by atoms with Gasteiger partial charge < -0.3 is 9.32 Å². The molecule has 2 heteroatoms. The molecule has 0 fully saturated rings. The zero-order chi connectivity index (χ0) is 39.3. The molecule has 10 aromatic rings. The lowest BCUT2D eigenvalue weighted by molar-refractivity contribution is 0.672. The van der Waals surface area contributed by atoms with Gasteiger partial charge in [0.25, 0.3) is 0 Å². The van der Waals surface area contributed by atoms with Crippen LogP contribution in [0, 0.1) is 0 Å². The van der Waals surface area contributed by atoms with Gasteiger partial charge in [0, 0.05) is 33.1 Å². The van der Waals surface area contributed by atoms with E-state index in [2.05, 4.69) is 42.5 Å². The van der Waals surface area contributed by atoms with E-state index in [9.17, 15) is 5.48 Å². The fourth-order valence-electron chi connectivity index (χ4n) is 7.51. The Labute approximate surface area is 320 Å². The van der Waals surface area contributed by atoms with Crippen molar-refractivity contribution in [3.8, 4) is 44.5 Å². The molecule has 1 heterocycles. The Morgan fingerprint density at radius 1 is 0.352 bits per heavy atom. The fraction of sp³-hybridized carbons (Fsp3) is 0. The summed E-state index contributed by atoms with van der Waals surface area (Å²) in [6.07, 6.45) is 0. The van der Waals surface area contributed by atoms with E-state index >= 15 is 0 Å². The number of fused-ring (bicyclic) bond motifs is 5. The van der Waals surface area contributed by atoms with E-state index < -0.39 is 0 Å². The van der Waals surface area contributed by atoms with Crippen LogP contribution in [0.25, 0.3) is 77.2 Å². The Hall–Kier alpha value is -7.16. The monoisotopic (exact) mass is 693 g/mol. The first-order chi connectivity index (χ1) is 28.5. The van der Waals surface area contributed by atoms with Crippen LogP contribution in [0.15, 0.2) is 217 Å². The van der Waals surface area contributed by atoms with Gasteiger partial charge in [-0.3, -0.25) is 0 Å². The maximum atomic E-state index is 9.64. The molecule has 0 bridgehead atoms. The third-order valence-electron chi connectivity index (χ3n) is 10.2. The summed E-state index contributed by atoms with van der Waals surface area (Å²) in [7, 11) is 0. The van der Waals surface area contributed by atoms with E-state index in [-0.39, 0.29) is 35.4 Å². The lowest BCUT2D eigenvalue weighted by Gasteiger charge is -2.28. The molecule has 1 aromatic heterocycles. The first-order valence-corrected chi connectivity index (χ1v) is 18.1. The van der Waals surface area contributed by atoms with Gasteiger partial charge in [-0.15, -0.1) is 0 Å². The number of rotatable bonds is 7. The zero-order valence-electron chi connectivity index (χ0n) is 33.3. The van der Waals surface area contributed by atoms with Crippen molar-refractivity contribution in [1.82, 2.24) is 0 Å². The maximum Gasteiger partial charge on any atom is 0.143 e. The first-order valence-electron chi connectivity index (χ1n) is 20.1. The number of para-hydroxylation sites is 2. The Balaban J connectivity index is 1.20. The van der Waals surface area contributed by atoms with Gasteiger partial charge in [-0.25, -0.2) is 0 Å². The van der Waals surface area contributed by atoms with Crippen molar-refractivity contribution in [1.29, 1.82) is 0 Å². The number of hydrogen-bond acceptors (Lipinski definition) is 2. The van der Waals surface area contributed by atoms with Crippen LogP contribution in [0.3, 0.4) is 0 Å². The van der Waals surface area contributed by atoms with Gasteiger partial charge in [0.05, 0.1) is 11.2 Å². The molecule has 10 rings (SSSR count). The first kappa shape index (κ1) is 27.5. The van der Waals surface area contributed by atoms with E-state index in [0.29, 0.717) is 16.9 Å². The molecule has 0 saturated heterocycles. The maximum absolute atomic E-state index is 9.64. The lowest BCUT2D eigenvalue weighted by atomic mass is 9.93. The van der Waals surface area contributed by atoms with Gasteiger partial charge in [0.15, 0.2) is 0 Å². The molecule has 2 nitrogen and oxygen atoms in total. The molecule has 0 aliphatic heterocycles. The number of hydrogen-bond donors (Lipinski definition) is 0. The smallest absolute Gasteiger partial charge is 0.143 e. The summed E-state index contributed by atoms with van der Waals surface area (Å²) in [5.41, 5.74) is 10.1. The standard InChI is InChI=1S/C52H35NO/c1-3-13-36(14-4-1)38-23-25-39(26-24-38)41-29-33-43(34-30-41)53(42-31-27-40(28-32-42)37-15-5-2-6-16-37)50-21-11-9-18-45(50)48-35-49-46-19-10-12-22-51(46)54-52(49)47-20-8-7-17-44(47)48/h1-35H/i29D,30D,33D,34D. The van der Waals surface area contributed by atoms with E-state index in [1.807, 2.05) is 150 Å². The summed E-state index contributed by atoms with van der Waals surface area (Å²) in [6, 6.07) is 61.9. The van der Waals surface area contributed by atoms with Crippen molar-refractivity contribution < 1.29 is 9.90 Å². The quantitative estimate of drug-likeness (QED) is 0.165. The molecular weight excluding hydrogens is 655 g/mol. The molecule has 54 heavy (non-hydrogen) atoms. The molecule has 0 spiro atoms. The van der Waals surface area contributed by atoms with Crippen LogP contribution < -0.4 is 4.90 Å². The van der Waals surface area contributed by atoms with E-state index in [1.54, 1.807) is 0 Å². The molecule has 0 N–H and O–H groups in total. The van der Waals surface area contributed by atoms with Crippen LogP contribution in [-0.4, -0.2) is 0 Å². The summed E-state index contributed by atoms with van der Waals surface area (Å²) in [4.78, 5) is 1.89. The van der Waals surface area contributed by atoms with E-state index in [0.717, 1.165) is 66.1 Å². The lowest BCUT2D eigenvalue weighted by Crippen LogP contribution is -2.11. The topological polar surface area (TPSA) is 16.4 Å². The van der Waals surface area contributed by atoms with Crippen LogP contribution in [0.1, 0.15) is 5.48 Å². The fourth-order valence-corrected chi connectivity index (χ4v) is 7.51. The molecule has 9 aromatic carbocycles. The Morgan fingerprint density at radius 3 is 1.52 bits per heavy atom. The van der Waals surface area contributed by atoms with Gasteiger partial charge in [-0.1, -0.05) is 170 Å². The highest BCUT2D eigenvalue weighted by Crippen LogP contribution is 2.46. The summed E-state index contributed by atoms with van der Waals surface area (Å²) < 4.78 is 44.6. The SMILES string of the molecule is [2H]c1c([2H])c(N(c2ccc(-c3ccccc3)cc2)c2ccccc2-c2cc3c4ccccc4oc3c3ccccc23)c([2H])c([2H])c1-c1ccc(-c2ccccc2)cc1. The van der Waals surface area contributed by atoms with Gasteiger partial charge in [0.2, 0.25) is 0 Å². The highest BCUT2D eigenvalue weighted by Gasteiger charge is 2.21. The van der Waals surface area contributed by atoms with Gasteiger partial charge in [0.1, 0.15) is 11.2 Å². The number of benzene rings is 9. The number of furan rings is 1. The summed E-state index contributed by atoms with van der Waals surface area (Å²) in [5, 5.41) is 3.98. The Kier molecular flexibility index (Phi) is 6.84. The largest absolute Gasteiger partial charge is 0.455 e. The third-order valence-corrected chi connectivity index (χ3v) is 10.2. The van der Waals surface area contributed by atoms with Gasteiger partial charge in [-0.2, -0.15) is 0 Å². The Morgan fingerprint density at radius 2 is 0.852 bits per heavy atom. The molecule has 0 aliphatic rings. The van der Waals surface area contributed by atoms with Crippen LogP contribution in [0.2, 0.25) is 0 Å². The molecule has 0 radical (unpaired) electrons. The van der Waals surface area contributed by atoms with E-state index in [1.165, 1.54) is 0 Å². The van der Waals surface area contributed by atoms with Crippen LogP contribution in [-0.2, 0) is 0 Å². The van der Waals surface area contributed by atoms with Crippen molar-refractivity contribution in [3.63, 3.8) is 0 Å². The predicted octanol–water partition coefficient (Wildman–Crippen LogP) is 14.9. The molecule has 0 saturated carbocycles. The summed E-state index contributed by atoms with van der Waals surface area (Å²) in [5.74, 6) is 0. The average Bonchev–Trinajstić information content (AvgIpc) is 3.67. The highest BCUT2D eigenvalue weighted by molar-refractivity contribution is 6.19. The second kappa shape index (κ2) is 13.4. The Bertz CT molecular complexity index is 3110. The molecule has 254 valence electrons. The van der Waals surface area contributed by atoms with Crippen molar-refractivity contribution >= 4 is 49.8 Å². The van der Waals surface area contributed by atoms with Crippen LogP contribution in [0.5, 0.6) is 0 Å². The molecule has 0 amide bonds. The van der Waals surface area contributed by atoms with Crippen molar-refractivity contribution in [2.75, 3.05) is 4.90 Å². The molecule has 0 aliphatic carbocycles. The summed E-state index contributed by atoms with van der Waals surface area (Å²) in [6.45, 7) is 0. The third kappa shape index (κ3) is 5.62. The second-order valence-electron chi connectivity index (χ2n) is 13.4. The predicted molar refractivity (Wildman–Crippen MR) is 228 cm³/mol. The van der Waals surface area contributed by atoms with Crippen LogP contribution in [0.4, 0.5) is 17.1 Å². The minimum absolute atomic E-state index is 0.108. The minimum atomic E-state index is -0.133. The summed E-state index contributed by atoms with van der Waals surface area (Å²) >= 11 is 0. The number of nitrogens with zero attached hydrogens (tertiary/aromatic N) is 1. The highest BCUT2D eigenvalue weighted by atomic mass is 16.3. The average molecular weight is 694 g/mol. The van der Waals surface area contributed by atoms with Gasteiger partial charge in [-0.05, 0) is 86.7 Å². The van der Waals surface area contributed by atoms with Gasteiger partial charge >= 0.3 is 0 Å². The zero-order valence-corrected chi connectivity index (χ0v) is 29.3. The minimum Gasteiger partial charge on any atom is -0.455 e. The molecule has 0 unspecified atom stereocenters. The van der Waals surface area contributed by atoms with Crippen molar-refractivity contribution in [2.45, 2.75) is 0 Å². The molecular formula is C52H35NO.